The van der Waals surface area contributed by atoms with Crippen molar-refractivity contribution in [1.82, 2.24) is 5.32 Å². The summed E-state index contributed by atoms with van der Waals surface area (Å²) in [5.74, 6) is 0. The highest BCUT2D eigenvalue weighted by atomic mass is 79.9. The van der Waals surface area contributed by atoms with Gasteiger partial charge in [-0.15, -0.1) is 0 Å². The number of hydrogen-bond acceptors (Lipinski definition) is 3. The number of hydrogen-bond donors (Lipinski definition) is 1. The Labute approximate surface area is 137 Å². The molecule has 0 aromatic heterocycles. The number of methoxy groups -OCH3 is 1. The Morgan fingerprint density at radius 3 is 2.48 bits per heavy atom. The molecule has 0 amide bonds. The van der Waals surface area contributed by atoms with Crippen molar-refractivity contribution in [2.75, 3.05) is 26.8 Å². The van der Waals surface area contributed by atoms with Crippen molar-refractivity contribution >= 4 is 15.9 Å². The SMILES string of the molecule is CCCNCC(OCCC(C)(C)OC)c1ccc(Br)cc1. The second-order valence-electron chi connectivity index (χ2n) is 5.83. The Kier molecular flexibility index (Phi) is 8.49. The fourth-order valence-electron chi connectivity index (χ4n) is 1.91. The second-order valence-corrected chi connectivity index (χ2v) is 6.74. The number of benzene rings is 1. The van der Waals surface area contributed by atoms with Gasteiger partial charge in [0.2, 0.25) is 0 Å². The van der Waals surface area contributed by atoms with E-state index in [4.69, 9.17) is 9.47 Å². The summed E-state index contributed by atoms with van der Waals surface area (Å²) in [6, 6.07) is 8.35. The normalized spacial score (nSPS) is 13.4. The van der Waals surface area contributed by atoms with E-state index in [1.165, 1.54) is 5.56 Å². The van der Waals surface area contributed by atoms with Gasteiger partial charge in [-0.2, -0.15) is 0 Å². The van der Waals surface area contributed by atoms with Crippen molar-refractivity contribution in [3.05, 3.63) is 34.3 Å². The summed E-state index contributed by atoms with van der Waals surface area (Å²) in [4.78, 5) is 0. The average Bonchev–Trinajstić information content (AvgIpc) is 2.47. The van der Waals surface area contributed by atoms with E-state index >= 15 is 0 Å². The summed E-state index contributed by atoms with van der Waals surface area (Å²) in [5.41, 5.74) is 1.07. The zero-order chi connectivity index (χ0) is 15.7. The third-order valence-electron chi connectivity index (χ3n) is 3.57. The molecule has 3 nitrogen and oxygen atoms in total. The standard InChI is InChI=1S/C17H28BrNO2/c1-5-11-19-13-16(14-6-8-15(18)9-7-14)21-12-10-17(2,3)20-4/h6-9,16,19H,5,10-13H2,1-4H3. The van der Waals surface area contributed by atoms with Crippen LogP contribution in [0.1, 0.15) is 45.3 Å². The fourth-order valence-corrected chi connectivity index (χ4v) is 2.17. The maximum Gasteiger partial charge on any atom is 0.0949 e. The van der Waals surface area contributed by atoms with Crippen LogP contribution in [-0.2, 0) is 9.47 Å². The molecule has 0 aliphatic rings. The largest absolute Gasteiger partial charge is 0.379 e. The number of rotatable bonds is 10. The number of nitrogens with one attached hydrogen (secondary N) is 1. The van der Waals surface area contributed by atoms with Crippen LogP contribution in [0.25, 0.3) is 0 Å². The van der Waals surface area contributed by atoms with Gasteiger partial charge in [0.05, 0.1) is 18.3 Å². The van der Waals surface area contributed by atoms with E-state index in [2.05, 4.69) is 66.3 Å². The Morgan fingerprint density at radius 2 is 1.90 bits per heavy atom. The molecule has 0 bridgehead atoms. The molecule has 0 saturated carbocycles. The average molecular weight is 358 g/mol. The van der Waals surface area contributed by atoms with Gasteiger partial charge in [0.1, 0.15) is 0 Å². The summed E-state index contributed by atoms with van der Waals surface area (Å²) in [6.45, 7) is 8.88. The predicted molar refractivity (Wildman–Crippen MR) is 91.7 cm³/mol. The molecule has 21 heavy (non-hydrogen) atoms. The monoisotopic (exact) mass is 357 g/mol. The zero-order valence-corrected chi connectivity index (χ0v) is 15.2. The summed E-state index contributed by atoms with van der Waals surface area (Å²) < 4.78 is 12.6. The molecule has 1 N–H and O–H groups in total. The highest BCUT2D eigenvalue weighted by Gasteiger charge is 2.18. The van der Waals surface area contributed by atoms with Gasteiger partial charge in [-0.1, -0.05) is 35.0 Å². The molecule has 0 spiro atoms. The lowest BCUT2D eigenvalue weighted by Crippen LogP contribution is -2.28. The third kappa shape index (κ3) is 7.41. The first-order valence-electron chi connectivity index (χ1n) is 7.61. The molecular weight excluding hydrogens is 330 g/mol. The van der Waals surface area contributed by atoms with Gasteiger partial charge in [-0.25, -0.2) is 0 Å². The van der Waals surface area contributed by atoms with E-state index in [0.29, 0.717) is 6.61 Å². The van der Waals surface area contributed by atoms with Gasteiger partial charge < -0.3 is 14.8 Å². The first kappa shape index (κ1) is 18.6. The summed E-state index contributed by atoms with van der Waals surface area (Å²) in [7, 11) is 1.75. The summed E-state index contributed by atoms with van der Waals surface area (Å²) in [6.07, 6.45) is 2.09. The van der Waals surface area contributed by atoms with Gasteiger partial charge in [0.25, 0.3) is 0 Å². The molecule has 1 atom stereocenters. The van der Waals surface area contributed by atoms with Crippen molar-refractivity contribution in [3.8, 4) is 0 Å². The molecule has 1 unspecified atom stereocenters. The topological polar surface area (TPSA) is 30.5 Å². The molecule has 120 valence electrons. The summed E-state index contributed by atoms with van der Waals surface area (Å²) in [5, 5.41) is 3.44. The molecule has 0 aliphatic carbocycles. The highest BCUT2D eigenvalue weighted by Crippen LogP contribution is 2.21. The fraction of sp³-hybridized carbons (Fsp3) is 0.647. The maximum absolute atomic E-state index is 6.09. The van der Waals surface area contributed by atoms with Gasteiger partial charge in [-0.05, 0) is 50.9 Å². The van der Waals surface area contributed by atoms with Crippen LogP contribution in [0.15, 0.2) is 28.7 Å². The Balaban J connectivity index is 2.58. The quantitative estimate of drug-likeness (QED) is 0.632. The van der Waals surface area contributed by atoms with E-state index in [1.807, 2.05) is 0 Å². The second kappa shape index (κ2) is 9.57. The van der Waals surface area contributed by atoms with Crippen LogP contribution in [0.3, 0.4) is 0 Å². The van der Waals surface area contributed by atoms with Crippen LogP contribution in [0.5, 0.6) is 0 Å². The van der Waals surface area contributed by atoms with Gasteiger partial charge >= 0.3 is 0 Å². The highest BCUT2D eigenvalue weighted by molar-refractivity contribution is 9.10. The molecule has 1 rings (SSSR count). The van der Waals surface area contributed by atoms with E-state index in [1.54, 1.807) is 7.11 Å². The molecule has 0 radical (unpaired) electrons. The van der Waals surface area contributed by atoms with E-state index in [0.717, 1.165) is 30.4 Å². The molecule has 1 aromatic rings. The van der Waals surface area contributed by atoms with Crippen LogP contribution in [0.2, 0.25) is 0 Å². The van der Waals surface area contributed by atoms with Crippen molar-refractivity contribution in [2.24, 2.45) is 0 Å². The first-order chi connectivity index (χ1) is 9.98. The van der Waals surface area contributed by atoms with Crippen molar-refractivity contribution in [2.45, 2.75) is 45.3 Å². The van der Waals surface area contributed by atoms with Crippen molar-refractivity contribution in [1.29, 1.82) is 0 Å². The first-order valence-corrected chi connectivity index (χ1v) is 8.40. The van der Waals surface area contributed by atoms with Crippen LogP contribution in [0.4, 0.5) is 0 Å². The van der Waals surface area contributed by atoms with Crippen LogP contribution in [0, 0.1) is 0 Å². The lowest BCUT2D eigenvalue weighted by molar-refractivity contribution is -0.0271. The van der Waals surface area contributed by atoms with Gasteiger partial charge in [0.15, 0.2) is 0 Å². The minimum absolute atomic E-state index is 0.0808. The molecule has 0 fully saturated rings. The third-order valence-corrected chi connectivity index (χ3v) is 4.10. The number of halogens is 1. The van der Waals surface area contributed by atoms with Gasteiger partial charge in [0, 0.05) is 18.1 Å². The molecular formula is C17H28BrNO2. The van der Waals surface area contributed by atoms with Crippen molar-refractivity contribution < 1.29 is 9.47 Å². The van der Waals surface area contributed by atoms with E-state index in [-0.39, 0.29) is 11.7 Å². The molecule has 0 aliphatic heterocycles. The lowest BCUT2D eigenvalue weighted by atomic mass is 10.1. The van der Waals surface area contributed by atoms with E-state index < -0.39 is 0 Å². The maximum atomic E-state index is 6.09. The summed E-state index contributed by atoms with van der Waals surface area (Å²) >= 11 is 3.47. The Morgan fingerprint density at radius 1 is 1.24 bits per heavy atom. The van der Waals surface area contributed by atoms with Gasteiger partial charge in [-0.3, -0.25) is 0 Å². The molecule has 0 heterocycles. The van der Waals surface area contributed by atoms with Crippen molar-refractivity contribution in [3.63, 3.8) is 0 Å². The van der Waals surface area contributed by atoms with Crippen LogP contribution < -0.4 is 5.32 Å². The minimum Gasteiger partial charge on any atom is -0.379 e. The smallest absolute Gasteiger partial charge is 0.0949 e. The van der Waals surface area contributed by atoms with Crippen LogP contribution >= 0.6 is 15.9 Å². The minimum atomic E-state index is -0.138. The van der Waals surface area contributed by atoms with E-state index in [9.17, 15) is 0 Å². The molecule has 1 aromatic carbocycles. The Hall–Kier alpha value is -0.420. The Bertz CT molecular complexity index is 392. The molecule has 0 saturated heterocycles. The lowest BCUT2D eigenvalue weighted by Gasteiger charge is -2.25. The predicted octanol–water partition coefficient (Wildman–Crippen LogP) is 4.32. The molecule has 4 heteroatoms. The van der Waals surface area contributed by atoms with Crippen LogP contribution in [-0.4, -0.2) is 32.4 Å². The number of ether oxygens (including phenoxy) is 2. The zero-order valence-electron chi connectivity index (χ0n) is 13.6.